The molecule has 1 aromatic carbocycles. The van der Waals surface area contributed by atoms with E-state index in [9.17, 15) is 4.79 Å². The van der Waals surface area contributed by atoms with E-state index in [1.54, 1.807) is 0 Å². The van der Waals surface area contributed by atoms with Crippen LogP contribution in [0.2, 0.25) is 0 Å². The van der Waals surface area contributed by atoms with Gasteiger partial charge in [-0.3, -0.25) is 4.79 Å². The molecular weight excluding hydrogens is 246 g/mol. The summed E-state index contributed by atoms with van der Waals surface area (Å²) < 4.78 is 0. The largest absolute Gasteiger partial charge is 0.349 e. The van der Waals surface area contributed by atoms with Gasteiger partial charge < -0.3 is 5.32 Å². The number of benzene rings is 1. The zero-order valence-corrected chi connectivity index (χ0v) is 13.6. The van der Waals surface area contributed by atoms with Crippen LogP contribution in [0.4, 0.5) is 0 Å². The van der Waals surface area contributed by atoms with Crippen LogP contribution in [0.5, 0.6) is 0 Å². The van der Waals surface area contributed by atoms with Crippen molar-refractivity contribution in [3.05, 3.63) is 35.4 Å². The molecule has 0 aliphatic rings. The lowest BCUT2D eigenvalue weighted by Gasteiger charge is -2.20. The van der Waals surface area contributed by atoms with Crippen molar-refractivity contribution in [2.24, 2.45) is 0 Å². The number of amides is 1. The Morgan fingerprint density at radius 2 is 1.55 bits per heavy atom. The third kappa shape index (κ3) is 4.99. The highest BCUT2D eigenvalue weighted by Gasteiger charge is 2.15. The Morgan fingerprint density at radius 3 is 1.95 bits per heavy atom. The molecule has 0 saturated carbocycles. The zero-order chi connectivity index (χ0) is 15.2. The molecule has 0 heterocycles. The van der Waals surface area contributed by atoms with Gasteiger partial charge in [0.05, 0.1) is 0 Å². The van der Waals surface area contributed by atoms with Gasteiger partial charge in [-0.05, 0) is 36.0 Å². The molecule has 1 rings (SSSR count). The lowest BCUT2D eigenvalue weighted by atomic mass is 9.86. The van der Waals surface area contributed by atoms with E-state index < -0.39 is 0 Å². The van der Waals surface area contributed by atoms with Gasteiger partial charge in [-0.1, -0.05) is 59.6 Å². The number of hydrogen-bond acceptors (Lipinski definition) is 1. The number of hydrogen-bond donors (Lipinski definition) is 1. The second kappa shape index (κ2) is 7.47. The summed E-state index contributed by atoms with van der Waals surface area (Å²) in [5.41, 5.74) is 2.14. The summed E-state index contributed by atoms with van der Waals surface area (Å²) in [4.78, 5) is 12.3. The Morgan fingerprint density at radius 1 is 1.05 bits per heavy atom. The summed E-state index contributed by atoms with van der Waals surface area (Å²) in [5, 5.41) is 3.15. The van der Waals surface area contributed by atoms with Crippen LogP contribution < -0.4 is 5.32 Å². The number of carbonyl (C=O) groups is 1. The summed E-state index contributed by atoms with van der Waals surface area (Å²) in [6.07, 6.45) is 4.32. The fourth-order valence-electron chi connectivity index (χ4n) is 2.38. The standard InChI is InChI=1S/C18H29NO/c1-6-8-16(9-7-2)19-17(20)14-10-12-15(13-11-14)18(3,4)5/h10-13,16H,6-9H2,1-5H3,(H,19,20). The van der Waals surface area contributed by atoms with Crippen LogP contribution in [0, 0.1) is 0 Å². The highest BCUT2D eigenvalue weighted by atomic mass is 16.1. The molecule has 0 unspecified atom stereocenters. The van der Waals surface area contributed by atoms with Gasteiger partial charge in [0.1, 0.15) is 0 Å². The molecule has 0 fully saturated rings. The SMILES string of the molecule is CCCC(CCC)NC(=O)c1ccc(C(C)(C)C)cc1. The van der Waals surface area contributed by atoms with Gasteiger partial charge in [-0.2, -0.15) is 0 Å². The molecule has 1 amide bonds. The monoisotopic (exact) mass is 275 g/mol. The molecule has 2 heteroatoms. The van der Waals surface area contributed by atoms with E-state index in [1.807, 2.05) is 12.1 Å². The first-order valence-electron chi connectivity index (χ1n) is 7.79. The van der Waals surface area contributed by atoms with E-state index >= 15 is 0 Å². The van der Waals surface area contributed by atoms with Crippen LogP contribution in [0.15, 0.2) is 24.3 Å². The predicted molar refractivity (Wildman–Crippen MR) is 86.2 cm³/mol. The average Bonchev–Trinajstić information content (AvgIpc) is 2.38. The van der Waals surface area contributed by atoms with Crippen molar-refractivity contribution in [2.75, 3.05) is 0 Å². The molecule has 1 N–H and O–H groups in total. The molecule has 20 heavy (non-hydrogen) atoms. The maximum Gasteiger partial charge on any atom is 0.251 e. The van der Waals surface area contributed by atoms with E-state index in [1.165, 1.54) is 5.56 Å². The van der Waals surface area contributed by atoms with Crippen molar-refractivity contribution < 1.29 is 4.79 Å². The highest BCUT2D eigenvalue weighted by Crippen LogP contribution is 2.22. The Bertz CT molecular complexity index is 408. The van der Waals surface area contributed by atoms with Gasteiger partial charge in [0.25, 0.3) is 5.91 Å². The van der Waals surface area contributed by atoms with Gasteiger partial charge in [-0.25, -0.2) is 0 Å². The van der Waals surface area contributed by atoms with Crippen LogP contribution in [-0.2, 0) is 5.41 Å². The second-order valence-corrected chi connectivity index (χ2v) is 6.58. The first kappa shape index (κ1) is 16.7. The lowest BCUT2D eigenvalue weighted by molar-refractivity contribution is 0.0932. The minimum absolute atomic E-state index is 0.0531. The summed E-state index contributed by atoms with van der Waals surface area (Å²) in [6, 6.07) is 8.29. The summed E-state index contributed by atoms with van der Waals surface area (Å²) in [7, 11) is 0. The number of rotatable bonds is 6. The van der Waals surface area contributed by atoms with Crippen LogP contribution in [0.25, 0.3) is 0 Å². The van der Waals surface area contributed by atoms with Crippen molar-refractivity contribution in [3.8, 4) is 0 Å². The van der Waals surface area contributed by atoms with Crippen molar-refractivity contribution in [2.45, 2.75) is 71.8 Å². The van der Waals surface area contributed by atoms with Gasteiger partial charge in [-0.15, -0.1) is 0 Å². The minimum atomic E-state index is 0.0531. The lowest BCUT2D eigenvalue weighted by Crippen LogP contribution is -2.34. The Balaban J connectivity index is 2.72. The first-order valence-corrected chi connectivity index (χ1v) is 7.79. The molecule has 0 atom stereocenters. The molecule has 2 nitrogen and oxygen atoms in total. The van der Waals surface area contributed by atoms with E-state index in [4.69, 9.17) is 0 Å². The van der Waals surface area contributed by atoms with Crippen molar-refractivity contribution in [1.29, 1.82) is 0 Å². The molecule has 0 aromatic heterocycles. The van der Waals surface area contributed by atoms with Gasteiger partial charge in [0.15, 0.2) is 0 Å². The van der Waals surface area contributed by atoms with Crippen molar-refractivity contribution in [1.82, 2.24) is 5.32 Å². The Hall–Kier alpha value is -1.31. The smallest absolute Gasteiger partial charge is 0.251 e. The van der Waals surface area contributed by atoms with E-state index in [2.05, 4.69) is 52.1 Å². The van der Waals surface area contributed by atoms with E-state index in [0.717, 1.165) is 31.2 Å². The maximum absolute atomic E-state index is 12.3. The molecule has 1 aromatic rings. The van der Waals surface area contributed by atoms with Crippen molar-refractivity contribution in [3.63, 3.8) is 0 Å². The normalized spacial score (nSPS) is 11.7. The summed E-state index contributed by atoms with van der Waals surface area (Å²) in [6.45, 7) is 10.9. The number of nitrogens with one attached hydrogen (secondary N) is 1. The molecule has 0 aliphatic heterocycles. The average molecular weight is 275 g/mol. The molecule has 0 radical (unpaired) electrons. The topological polar surface area (TPSA) is 29.1 Å². The van der Waals surface area contributed by atoms with Crippen LogP contribution in [0.1, 0.15) is 76.2 Å². The molecular formula is C18H29NO. The third-order valence-electron chi connectivity index (χ3n) is 3.62. The first-order chi connectivity index (χ1) is 9.38. The van der Waals surface area contributed by atoms with Crippen LogP contribution in [-0.4, -0.2) is 11.9 Å². The fraction of sp³-hybridized carbons (Fsp3) is 0.611. The van der Waals surface area contributed by atoms with Gasteiger partial charge >= 0.3 is 0 Å². The molecule has 112 valence electrons. The minimum Gasteiger partial charge on any atom is -0.349 e. The molecule has 0 bridgehead atoms. The molecule has 0 aliphatic carbocycles. The molecule has 0 saturated heterocycles. The maximum atomic E-state index is 12.3. The van der Waals surface area contributed by atoms with E-state index in [-0.39, 0.29) is 11.3 Å². The predicted octanol–water partition coefficient (Wildman–Crippen LogP) is 4.68. The fourth-order valence-corrected chi connectivity index (χ4v) is 2.38. The quantitative estimate of drug-likeness (QED) is 0.802. The Kier molecular flexibility index (Phi) is 6.25. The second-order valence-electron chi connectivity index (χ2n) is 6.58. The summed E-state index contributed by atoms with van der Waals surface area (Å²) in [5.74, 6) is 0.0531. The zero-order valence-electron chi connectivity index (χ0n) is 13.6. The highest BCUT2D eigenvalue weighted by molar-refractivity contribution is 5.94. The number of carbonyl (C=O) groups excluding carboxylic acids is 1. The van der Waals surface area contributed by atoms with Crippen LogP contribution >= 0.6 is 0 Å². The third-order valence-corrected chi connectivity index (χ3v) is 3.62. The van der Waals surface area contributed by atoms with E-state index in [0.29, 0.717) is 6.04 Å². The molecule has 0 spiro atoms. The van der Waals surface area contributed by atoms with Crippen molar-refractivity contribution >= 4 is 5.91 Å². The summed E-state index contributed by atoms with van der Waals surface area (Å²) >= 11 is 0. The van der Waals surface area contributed by atoms with Gasteiger partial charge in [0.2, 0.25) is 0 Å². The Labute approximate surface area is 124 Å². The van der Waals surface area contributed by atoms with Crippen LogP contribution in [0.3, 0.4) is 0 Å². The van der Waals surface area contributed by atoms with Gasteiger partial charge in [0, 0.05) is 11.6 Å².